The minimum atomic E-state index is -3.54. The smallest absolute Gasteiger partial charge is 0.323 e. The maximum Gasteiger partial charge on any atom is 0.323 e. The van der Waals surface area contributed by atoms with Crippen LogP contribution in [0.25, 0.3) is 33.5 Å². The molecule has 0 bridgehead atoms. The lowest BCUT2D eigenvalue weighted by atomic mass is 10.1. The molecule has 0 radical (unpaired) electrons. The van der Waals surface area contributed by atoms with Crippen LogP contribution in [0.2, 0.25) is 15.9 Å². The molecule has 5 fully saturated rings. The van der Waals surface area contributed by atoms with Gasteiger partial charge in [0.2, 0.25) is 15.9 Å². The highest BCUT2D eigenvalue weighted by molar-refractivity contribution is 7.56. The SMILES string of the molecule is CC1(C)O[C@@H]2[C@H](O1)[C@@H](CO)O[C@H]2n1c(Cl)nc2c(N)ncnc21.C[C@H](N[P@](C)(=O)OC[C@H]1O[C@@H](n2c(Cl)nc3c(N)ncnc32)[C@@H]2OC(C)(C)O[C@@H]21)C(=O)OCc1ccccc1.C[C@H](N[P@](C)(=O)OC[C@H]1O[C@@H](n2c(Cl)nc3c(N)ncnc32)[C@H](O)[C@@H]1O)C(=O)OCc1ccccc1. The third-order valence-electron chi connectivity index (χ3n) is 15.9. The van der Waals surface area contributed by atoms with E-state index in [4.69, 9.17) is 104 Å². The number of aliphatic hydroxyl groups excluding tert-OH is 3. The summed E-state index contributed by atoms with van der Waals surface area (Å²) in [7, 11) is -7.00. The fourth-order valence-corrected chi connectivity index (χ4v) is 14.9. The Labute approximate surface area is 573 Å². The standard InChI is InChI=1S/C24H30ClN6O7P.C21H26ClN6O7P.C13H16ClN5O4/c1-13(22(32)34-10-14-8-6-5-7-9-14)30-39(4,33)35-11-15-17-18(38-24(2,3)37-17)21(36-15)31-20-16(29-23(31)25)19(26)27-12-28-20;1-11(20(31)33-8-12-6-4-3-5-7-12)27-36(2,32)34-9-13-15(29)16(30)19(35-13)28-18-14(26-21(28)22)17(23)24-10-25-18;1-13(2)22-7-5(3-20)21-11(8(7)23-13)19-10-6(18-12(19)14)9(15)16-4-17-10/h5-9,12-13,15,17-18,21H,10-11H2,1-4H3,(H,30,33)(H2,26,27,28);3-7,10-11,13,15-16,19,29-30H,8-9H2,1-2H3,(H,27,32)(H2,23,24,25);4-5,7-8,11,20H,3H2,1-2H3,(H2,15,16,17)/t13-,15+,17+,18+,21+,39+;11-,13+,15+,16+,19+,36+;5-,7-,8-,11-/m001/s1. The summed E-state index contributed by atoms with van der Waals surface area (Å²) in [5.41, 5.74) is 21.2. The van der Waals surface area contributed by atoms with Crippen molar-refractivity contribution in [1.82, 2.24) is 68.7 Å². The van der Waals surface area contributed by atoms with Crippen molar-refractivity contribution in [3.63, 3.8) is 0 Å². The summed E-state index contributed by atoms with van der Waals surface area (Å²) in [6.07, 6.45) is -5.92. The third kappa shape index (κ3) is 15.9. The second kappa shape index (κ2) is 29.4. The number of hydrogen-bond donors (Lipinski definition) is 8. The Balaban J connectivity index is 0.000000153. The van der Waals surface area contributed by atoms with Crippen LogP contribution in [0.4, 0.5) is 17.5 Å². The largest absolute Gasteiger partial charge is 0.460 e. The molecule has 11 N–H and O–H groups in total. The van der Waals surface area contributed by atoms with Crippen LogP contribution in [0.5, 0.6) is 0 Å². The number of nitrogens with two attached hydrogens (primary N) is 3. The molecule has 5 saturated heterocycles. The molecule has 11 heterocycles. The van der Waals surface area contributed by atoms with Crippen molar-refractivity contribution in [3.8, 4) is 0 Å². The summed E-state index contributed by atoms with van der Waals surface area (Å²) in [6.45, 7) is 12.4. The molecule has 528 valence electrons. The fraction of sp³-hybridized carbons (Fsp3) is 0.500. The quantitative estimate of drug-likeness (QED) is 0.0290. The molecule has 0 aliphatic carbocycles. The van der Waals surface area contributed by atoms with E-state index in [1.165, 1.54) is 43.8 Å². The average Bonchev–Trinajstić information content (AvgIpc) is 1.59. The summed E-state index contributed by atoms with van der Waals surface area (Å²) < 4.78 is 94.2. The molecule has 40 heteroatoms. The van der Waals surface area contributed by atoms with Gasteiger partial charge in [0, 0.05) is 13.3 Å². The fourth-order valence-electron chi connectivity index (χ4n) is 11.5. The zero-order valence-electron chi connectivity index (χ0n) is 53.7. The lowest BCUT2D eigenvalue weighted by Crippen LogP contribution is -2.36. The number of hydrogen-bond acceptors (Lipinski definition) is 30. The van der Waals surface area contributed by atoms with Gasteiger partial charge in [-0.1, -0.05) is 60.7 Å². The van der Waals surface area contributed by atoms with E-state index >= 15 is 0 Å². The first kappa shape index (κ1) is 72.5. The van der Waals surface area contributed by atoms with E-state index in [9.17, 15) is 34.0 Å². The minimum absolute atomic E-state index is 0.0734. The number of aliphatic hydroxyl groups is 3. The zero-order chi connectivity index (χ0) is 70.3. The Morgan fingerprint density at radius 1 is 0.551 bits per heavy atom. The van der Waals surface area contributed by atoms with Gasteiger partial charge in [0.15, 0.2) is 81.2 Å². The number of nitrogens with one attached hydrogen (secondary N) is 2. The van der Waals surface area contributed by atoms with Gasteiger partial charge in [-0.15, -0.1) is 0 Å². The molecule has 16 atom stereocenters. The number of imidazole rings is 3. The number of benzene rings is 2. The summed E-state index contributed by atoms with van der Waals surface area (Å²) in [5.74, 6) is -2.37. The summed E-state index contributed by atoms with van der Waals surface area (Å²) in [5, 5.41) is 36.2. The molecule has 2 aromatic carbocycles. The number of esters is 2. The van der Waals surface area contributed by atoms with Crippen molar-refractivity contribution < 1.29 is 85.7 Å². The van der Waals surface area contributed by atoms with E-state index in [1.807, 2.05) is 74.5 Å². The predicted molar refractivity (Wildman–Crippen MR) is 349 cm³/mol. The molecular formula is C58H72Cl3N17O18P2. The monoisotopic (exact) mass is 1460 g/mol. The van der Waals surface area contributed by atoms with Crippen LogP contribution < -0.4 is 27.4 Å². The number of anilines is 3. The van der Waals surface area contributed by atoms with E-state index in [-0.39, 0.29) is 77.5 Å². The molecule has 0 unspecified atom stereocenters. The first-order valence-electron chi connectivity index (χ1n) is 30.4. The number of nitrogen functional groups attached to an aromatic ring is 3. The topological polar surface area (TPSA) is 463 Å². The van der Waals surface area contributed by atoms with Gasteiger partial charge in [-0.2, -0.15) is 0 Å². The van der Waals surface area contributed by atoms with E-state index < -0.39 is 124 Å². The van der Waals surface area contributed by atoms with E-state index in [1.54, 1.807) is 29.9 Å². The highest BCUT2D eigenvalue weighted by Gasteiger charge is 2.58. The van der Waals surface area contributed by atoms with Crippen LogP contribution in [-0.2, 0) is 83.6 Å². The third-order valence-corrected chi connectivity index (χ3v) is 19.7. The first-order valence-corrected chi connectivity index (χ1v) is 35.7. The number of fused-ring (bicyclic) bond motifs is 5. The van der Waals surface area contributed by atoms with Crippen LogP contribution >= 0.6 is 49.8 Å². The van der Waals surface area contributed by atoms with E-state index in [0.717, 1.165) is 11.1 Å². The lowest BCUT2D eigenvalue weighted by Gasteiger charge is -2.26. The normalized spacial score (nSPS) is 27.1. The molecule has 6 aromatic heterocycles. The zero-order valence-corrected chi connectivity index (χ0v) is 57.8. The summed E-state index contributed by atoms with van der Waals surface area (Å²) in [6, 6.07) is 16.6. The van der Waals surface area contributed by atoms with Gasteiger partial charge in [-0.3, -0.25) is 32.4 Å². The molecule has 5 aliphatic rings. The van der Waals surface area contributed by atoms with Crippen LogP contribution in [0.1, 0.15) is 71.4 Å². The maximum absolute atomic E-state index is 13.2. The van der Waals surface area contributed by atoms with Gasteiger partial charge in [-0.25, -0.2) is 55.0 Å². The summed E-state index contributed by atoms with van der Waals surface area (Å²) >= 11 is 18.9. The highest BCUT2D eigenvalue weighted by Crippen LogP contribution is 2.49. The first-order chi connectivity index (χ1) is 46.4. The number of aromatic nitrogens is 12. The molecule has 8 aromatic rings. The van der Waals surface area contributed by atoms with Crippen LogP contribution in [0.15, 0.2) is 79.6 Å². The minimum Gasteiger partial charge on any atom is -0.460 e. The van der Waals surface area contributed by atoms with Crippen LogP contribution in [0, 0.1) is 0 Å². The van der Waals surface area contributed by atoms with E-state index in [0.29, 0.717) is 22.3 Å². The Morgan fingerprint density at radius 3 is 1.30 bits per heavy atom. The second-order valence-corrected chi connectivity index (χ2v) is 29.6. The van der Waals surface area contributed by atoms with Crippen molar-refractivity contribution in [2.24, 2.45) is 0 Å². The molecule has 13 rings (SSSR count). The van der Waals surface area contributed by atoms with Crippen LogP contribution in [0.3, 0.4) is 0 Å². The van der Waals surface area contributed by atoms with Gasteiger partial charge in [0.1, 0.15) is 99.2 Å². The molecule has 0 amide bonds. The highest BCUT2D eigenvalue weighted by atomic mass is 35.5. The maximum atomic E-state index is 13.2. The number of rotatable bonds is 20. The van der Waals surface area contributed by atoms with Crippen molar-refractivity contribution in [2.75, 3.05) is 50.4 Å². The molecule has 0 spiro atoms. The Kier molecular flexibility index (Phi) is 21.7. The number of ether oxygens (including phenoxy) is 9. The Morgan fingerprint density at radius 2 is 0.898 bits per heavy atom. The predicted octanol–water partition coefficient (Wildman–Crippen LogP) is 4.75. The number of nitrogens with zero attached hydrogens (tertiary/aromatic N) is 12. The molecule has 98 heavy (non-hydrogen) atoms. The van der Waals surface area contributed by atoms with Crippen LogP contribution in [-0.4, -0.2) is 198 Å². The van der Waals surface area contributed by atoms with Crippen molar-refractivity contribution in [3.05, 3.63) is 107 Å². The number of carbonyl (C=O) groups excluding carboxylic acids is 2. The van der Waals surface area contributed by atoms with Crippen molar-refractivity contribution >= 4 is 113 Å². The second-order valence-electron chi connectivity index (χ2n) is 24.2. The number of halogens is 3. The van der Waals surface area contributed by atoms with Gasteiger partial charge >= 0.3 is 11.9 Å². The van der Waals surface area contributed by atoms with Gasteiger partial charge in [0.05, 0.1) is 19.8 Å². The average molecular weight is 1460 g/mol. The van der Waals surface area contributed by atoms with Gasteiger partial charge in [0.25, 0.3) is 15.0 Å². The Bertz CT molecular complexity index is 4280. The molecule has 0 saturated carbocycles. The molecule has 35 nitrogen and oxygen atoms in total. The summed E-state index contributed by atoms with van der Waals surface area (Å²) in [4.78, 5) is 61.6. The number of carbonyl (C=O) groups is 2. The van der Waals surface area contributed by atoms with Crippen molar-refractivity contribution in [1.29, 1.82) is 0 Å². The lowest BCUT2D eigenvalue weighted by molar-refractivity contribution is -0.199. The van der Waals surface area contributed by atoms with E-state index in [2.05, 4.69) is 55.0 Å². The molecular weight excluding hydrogens is 1390 g/mol. The molecule has 5 aliphatic heterocycles. The van der Waals surface area contributed by atoms with Gasteiger partial charge in [-0.05, 0) is 87.5 Å². The Hall–Kier alpha value is -6.80. The van der Waals surface area contributed by atoms with Crippen molar-refractivity contribution in [2.45, 2.75) is 152 Å². The van der Waals surface area contributed by atoms with Gasteiger partial charge < -0.3 is 84.2 Å².